The van der Waals surface area contributed by atoms with Crippen molar-refractivity contribution >= 4 is 5.69 Å². The molecule has 2 aliphatic heterocycles. The summed E-state index contributed by atoms with van der Waals surface area (Å²) in [7, 11) is 0. The van der Waals surface area contributed by atoms with Crippen LogP contribution in [0.5, 0.6) is 11.5 Å². The maximum absolute atomic E-state index is 12.9. The van der Waals surface area contributed by atoms with E-state index in [4.69, 9.17) is 0 Å². The Kier molecular flexibility index (Phi) is 2.57. The molecule has 0 amide bonds. The molecule has 1 atom stereocenters. The van der Waals surface area contributed by atoms with Gasteiger partial charge in [0.05, 0.1) is 0 Å². The fraction of sp³-hybridized carbons (Fsp3) is 0.538. The van der Waals surface area contributed by atoms with E-state index in [1.807, 2.05) is 6.07 Å². The van der Waals surface area contributed by atoms with Crippen molar-refractivity contribution < 1.29 is 18.3 Å². The highest BCUT2D eigenvalue weighted by Gasteiger charge is 2.43. The highest BCUT2D eigenvalue weighted by Crippen LogP contribution is 2.43. The van der Waals surface area contributed by atoms with Gasteiger partial charge in [-0.05, 0) is 31.4 Å². The first-order valence-corrected chi connectivity index (χ1v) is 6.25. The standard InChI is InChI=1S/C13H15F2NO2/c1-2-9-4-3-7-16(9)10-5-6-11-12(8-10)18-13(14,15)17-11/h5-6,8-9H,2-4,7H2,1H3. The monoisotopic (exact) mass is 255 g/mol. The van der Waals surface area contributed by atoms with E-state index in [1.165, 1.54) is 0 Å². The van der Waals surface area contributed by atoms with E-state index in [2.05, 4.69) is 21.3 Å². The maximum atomic E-state index is 12.9. The van der Waals surface area contributed by atoms with Crippen LogP contribution in [0.1, 0.15) is 26.2 Å². The third kappa shape index (κ3) is 1.87. The lowest BCUT2D eigenvalue weighted by Crippen LogP contribution is -2.28. The van der Waals surface area contributed by atoms with Gasteiger partial charge in [-0.15, -0.1) is 8.78 Å². The topological polar surface area (TPSA) is 21.7 Å². The van der Waals surface area contributed by atoms with Crippen molar-refractivity contribution in [1.82, 2.24) is 0 Å². The molecular formula is C13H15F2NO2. The van der Waals surface area contributed by atoms with Crippen LogP contribution < -0.4 is 14.4 Å². The third-order valence-electron chi connectivity index (χ3n) is 3.56. The summed E-state index contributed by atoms with van der Waals surface area (Å²) in [4.78, 5) is 2.25. The molecule has 2 aliphatic rings. The summed E-state index contributed by atoms with van der Waals surface area (Å²) in [6.07, 6.45) is -0.176. The highest BCUT2D eigenvalue weighted by molar-refractivity contribution is 5.58. The zero-order valence-electron chi connectivity index (χ0n) is 10.2. The van der Waals surface area contributed by atoms with Gasteiger partial charge >= 0.3 is 6.29 Å². The molecule has 0 bridgehead atoms. The van der Waals surface area contributed by atoms with Crippen molar-refractivity contribution in [2.45, 2.75) is 38.5 Å². The van der Waals surface area contributed by atoms with Gasteiger partial charge in [-0.2, -0.15) is 0 Å². The Morgan fingerprint density at radius 2 is 2.11 bits per heavy atom. The Morgan fingerprint density at radius 3 is 2.89 bits per heavy atom. The molecule has 1 unspecified atom stereocenters. The Balaban J connectivity index is 1.88. The first-order valence-electron chi connectivity index (χ1n) is 6.25. The lowest BCUT2D eigenvalue weighted by molar-refractivity contribution is -0.286. The fourth-order valence-electron chi connectivity index (χ4n) is 2.72. The second-order valence-corrected chi connectivity index (χ2v) is 4.70. The van der Waals surface area contributed by atoms with Gasteiger partial charge in [-0.3, -0.25) is 0 Å². The predicted octanol–water partition coefficient (Wildman–Crippen LogP) is 3.39. The van der Waals surface area contributed by atoms with E-state index in [-0.39, 0.29) is 11.5 Å². The van der Waals surface area contributed by atoms with Gasteiger partial charge in [0.2, 0.25) is 0 Å². The maximum Gasteiger partial charge on any atom is 0.586 e. The van der Waals surface area contributed by atoms with Crippen LogP contribution >= 0.6 is 0 Å². The average molecular weight is 255 g/mol. The van der Waals surface area contributed by atoms with Gasteiger partial charge < -0.3 is 14.4 Å². The number of fused-ring (bicyclic) bond motifs is 1. The van der Waals surface area contributed by atoms with Crippen LogP contribution in [-0.4, -0.2) is 18.9 Å². The van der Waals surface area contributed by atoms with E-state index >= 15 is 0 Å². The smallest absolute Gasteiger partial charge is 0.395 e. The Hall–Kier alpha value is -1.52. The molecule has 2 heterocycles. The van der Waals surface area contributed by atoms with E-state index in [0.29, 0.717) is 6.04 Å². The molecule has 3 nitrogen and oxygen atoms in total. The van der Waals surface area contributed by atoms with E-state index in [9.17, 15) is 8.78 Å². The Labute approximate surface area is 104 Å². The molecule has 5 heteroatoms. The summed E-state index contributed by atoms with van der Waals surface area (Å²) in [5, 5.41) is 0. The Bertz CT molecular complexity index is 464. The van der Waals surface area contributed by atoms with E-state index < -0.39 is 6.29 Å². The van der Waals surface area contributed by atoms with Gasteiger partial charge in [-0.25, -0.2) is 0 Å². The molecule has 98 valence electrons. The first-order chi connectivity index (χ1) is 8.59. The molecule has 1 saturated heterocycles. The second kappa shape index (κ2) is 4.00. The summed E-state index contributed by atoms with van der Waals surface area (Å²) in [5.41, 5.74) is 0.930. The summed E-state index contributed by atoms with van der Waals surface area (Å²) in [6.45, 7) is 3.11. The number of nitrogens with zero attached hydrogens (tertiary/aromatic N) is 1. The molecule has 18 heavy (non-hydrogen) atoms. The van der Waals surface area contributed by atoms with Crippen molar-refractivity contribution in [3.8, 4) is 11.5 Å². The number of ether oxygens (including phenoxy) is 2. The molecule has 0 aromatic heterocycles. The summed E-state index contributed by atoms with van der Waals surface area (Å²) < 4.78 is 34.7. The lowest BCUT2D eigenvalue weighted by Gasteiger charge is -2.25. The number of rotatable bonds is 2. The lowest BCUT2D eigenvalue weighted by atomic mass is 10.1. The molecule has 1 fully saturated rings. The number of anilines is 1. The van der Waals surface area contributed by atoms with Crippen LogP contribution in [0.4, 0.5) is 14.5 Å². The van der Waals surface area contributed by atoms with Crippen molar-refractivity contribution in [2.75, 3.05) is 11.4 Å². The minimum atomic E-state index is -3.53. The molecule has 0 N–H and O–H groups in total. The number of hydrogen-bond acceptors (Lipinski definition) is 3. The van der Waals surface area contributed by atoms with Gasteiger partial charge in [0.1, 0.15) is 0 Å². The van der Waals surface area contributed by atoms with Crippen molar-refractivity contribution in [1.29, 1.82) is 0 Å². The third-order valence-corrected chi connectivity index (χ3v) is 3.56. The van der Waals surface area contributed by atoms with Crippen molar-refractivity contribution in [3.05, 3.63) is 18.2 Å². The largest absolute Gasteiger partial charge is 0.586 e. The number of halogens is 2. The highest BCUT2D eigenvalue weighted by atomic mass is 19.3. The first kappa shape index (κ1) is 11.6. The molecule has 1 aromatic carbocycles. The molecule has 3 rings (SSSR count). The normalized spacial score (nSPS) is 24.6. The molecule has 0 saturated carbocycles. The van der Waals surface area contributed by atoms with Crippen LogP contribution in [0.15, 0.2) is 18.2 Å². The van der Waals surface area contributed by atoms with Gasteiger partial charge in [0.25, 0.3) is 0 Å². The molecule has 0 radical (unpaired) electrons. The Morgan fingerprint density at radius 1 is 1.33 bits per heavy atom. The number of alkyl halides is 2. The predicted molar refractivity (Wildman–Crippen MR) is 63.3 cm³/mol. The van der Waals surface area contributed by atoms with Gasteiger partial charge in [0, 0.05) is 24.3 Å². The van der Waals surface area contributed by atoms with Crippen molar-refractivity contribution in [2.24, 2.45) is 0 Å². The van der Waals surface area contributed by atoms with E-state index in [1.54, 1.807) is 12.1 Å². The zero-order valence-corrected chi connectivity index (χ0v) is 10.2. The van der Waals surface area contributed by atoms with Crippen LogP contribution in [-0.2, 0) is 0 Å². The number of benzene rings is 1. The van der Waals surface area contributed by atoms with Crippen molar-refractivity contribution in [3.63, 3.8) is 0 Å². The second-order valence-electron chi connectivity index (χ2n) is 4.70. The quantitative estimate of drug-likeness (QED) is 0.808. The van der Waals surface area contributed by atoms with E-state index in [0.717, 1.165) is 31.5 Å². The molecule has 0 aliphatic carbocycles. The van der Waals surface area contributed by atoms with Crippen LogP contribution in [0.25, 0.3) is 0 Å². The van der Waals surface area contributed by atoms with Crippen LogP contribution in [0.3, 0.4) is 0 Å². The van der Waals surface area contributed by atoms with Gasteiger partial charge in [-0.1, -0.05) is 6.92 Å². The fourth-order valence-corrected chi connectivity index (χ4v) is 2.72. The minimum Gasteiger partial charge on any atom is -0.395 e. The molecule has 0 spiro atoms. The summed E-state index contributed by atoms with van der Waals surface area (Å²) >= 11 is 0. The van der Waals surface area contributed by atoms with Crippen LogP contribution in [0.2, 0.25) is 0 Å². The zero-order chi connectivity index (χ0) is 12.8. The molecule has 1 aromatic rings. The molecular weight excluding hydrogens is 240 g/mol. The summed E-state index contributed by atoms with van der Waals surface area (Å²) in [6, 6.07) is 5.50. The minimum absolute atomic E-state index is 0.107. The SMILES string of the molecule is CCC1CCCN1c1ccc2c(c1)OC(F)(F)O2. The van der Waals surface area contributed by atoms with Crippen LogP contribution in [0, 0.1) is 0 Å². The summed E-state index contributed by atoms with van der Waals surface area (Å²) in [5.74, 6) is 0.232. The average Bonchev–Trinajstić information content (AvgIpc) is 2.88. The van der Waals surface area contributed by atoms with Gasteiger partial charge in [0.15, 0.2) is 11.5 Å². The number of hydrogen-bond donors (Lipinski definition) is 0.